The van der Waals surface area contributed by atoms with Crippen LogP contribution in [0.5, 0.6) is 0 Å². The van der Waals surface area contributed by atoms with Crippen LogP contribution in [0.15, 0.2) is 24.3 Å². The molecular weight excluding hydrogens is 266 g/mol. The molecule has 0 spiro atoms. The summed E-state index contributed by atoms with van der Waals surface area (Å²) in [5.41, 5.74) is 2.58. The van der Waals surface area contributed by atoms with Crippen molar-refractivity contribution in [3.05, 3.63) is 35.4 Å². The van der Waals surface area contributed by atoms with Crippen LogP contribution in [0.25, 0.3) is 0 Å². The number of benzene rings is 1. The zero-order valence-electron chi connectivity index (χ0n) is 13.5. The lowest BCUT2D eigenvalue weighted by Gasteiger charge is -2.18. The van der Waals surface area contributed by atoms with E-state index >= 15 is 0 Å². The minimum absolute atomic E-state index is 0.182. The minimum atomic E-state index is -0.757. The van der Waals surface area contributed by atoms with Crippen molar-refractivity contribution in [3.63, 3.8) is 0 Å². The van der Waals surface area contributed by atoms with Gasteiger partial charge < -0.3 is 5.32 Å². The van der Waals surface area contributed by atoms with Gasteiger partial charge >= 0.3 is 0 Å². The van der Waals surface area contributed by atoms with Crippen LogP contribution < -0.4 is 5.32 Å². The maximum atomic E-state index is 12.2. The van der Waals surface area contributed by atoms with E-state index in [0.717, 1.165) is 12.2 Å². The molecule has 0 aromatic heterocycles. The highest BCUT2D eigenvalue weighted by Gasteiger charge is 2.15. The van der Waals surface area contributed by atoms with Gasteiger partial charge in [-0.2, -0.15) is 0 Å². The van der Waals surface area contributed by atoms with Crippen LogP contribution in [0, 0.1) is 5.92 Å². The van der Waals surface area contributed by atoms with Crippen molar-refractivity contribution in [2.45, 2.75) is 46.1 Å². The molecule has 0 saturated heterocycles. The van der Waals surface area contributed by atoms with E-state index in [0.29, 0.717) is 17.6 Å². The predicted molar refractivity (Wildman–Crippen MR) is 89.7 cm³/mol. The first-order valence-corrected chi connectivity index (χ1v) is 9.08. The molecule has 1 aromatic rings. The lowest BCUT2D eigenvalue weighted by Crippen LogP contribution is -2.24. The zero-order chi connectivity index (χ0) is 15.1. The van der Waals surface area contributed by atoms with Gasteiger partial charge in [-0.25, -0.2) is 0 Å². The molecule has 20 heavy (non-hydrogen) atoms. The molecule has 0 aliphatic carbocycles. The van der Waals surface area contributed by atoms with E-state index in [-0.39, 0.29) is 6.04 Å². The predicted octanol–water partition coefficient (Wildman–Crippen LogP) is 3.87. The van der Waals surface area contributed by atoms with Gasteiger partial charge in [-0.05, 0) is 30.0 Å². The Morgan fingerprint density at radius 1 is 1.05 bits per heavy atom. The standard InChI is InChI=1S/C17H29NOS/c1-6-14(4)11-20(19)12-17(18-5)16-9-7-15(8-10-16)13(2)3/h7-10,13-14,17-18H,6,11-12H2,1-5H3. The summed E-state index contributed by atoms with van der Waals surface area (Å²) in [6, 6.07) is 8.87. The van der Waals surface area contributed by atoms with E-state index < -0.39 is 10.8 Å². The fourth-order valence-corrected chi connectivity index (χ4v) is 3.89. The van der Waals surface area contributed by atoms with Crippen LogP contribution in [0.3, 0.4) is 0 Å². The highest BCUT2D eigenvalue weighted by atomic mass is 32.2. The monoisotopic (exact) mass is 295 g/mol. The highest BCUT2D eigenvalue weighted by molar-refractivity contribution is 7.85. The van der Waals surface area contributed by atoms with Crippen LogP contribution in [-0.4, -0.2) is 22.8 Å². The molecule has 114 valence electrons. The molecule has 1 N–H and O–H groups in total. The Bertz CT molecular complexity index is 414. The van der Waals surface area contributed by atoms with Gasteiger partial charge in [-0.15, -0.1) is 0 Å². The zero-order valence-corrected chi connectivity index (χ0v) is 14.3. The Morgan fingerprint density at radius 3 is 2.05 bits per heavy atom. The Hall–Kier alpha value is -0.670. The molecule has 0 aliphatic heterocycles. The van der Waals surface area contributed by atoms with E-state index in [9.17, 15) is 4.21 Å². The number of hydrogen-bond donors (Lipinski definition) is 1. The van der Waals surface area contributed by atoms with Gasteiger partial charge in [0, 0.05) is 28.3 Å². The summed E-state index contributed by atoms with van der Waals surface area (Å²) < 4.78 is 12.2. The SMILES string of the molecule is CCC(C)CS(=O)CC(NC)c1ccc(C(C)C)cc1. The minimum Gasteiger partial charge on any atom is -0.312 e. The van der Waals surface area contributed by atoms with Crippen molar-refractivity contribution in [3.8, 4) is 0 Å². The third kappa shape index (κ3) is 5.37. The molecule has 0 bridgehead atoms. The van der Waals surface area contributed by atoms with E-state index in [4.69, 9.17) is 0 Å². The fourth-order valence-electron chi connectivity index (χ4n) is 2.15. The normalized spacial score (nSPS) is 16.1. The summed E-state index contributed by atoms with van der Waals surface area (Å²) >= 11 is 0. The quantitative estimate of drug-likeness (QED) is 0.789. The third-order valence-corrected chi connectivity index (χ3v) is 5.52. The van der Waals surface area contributed by atoms with E-state index in [1.165, 1.54) is 11.1 Å². The molecule has 3 unspecified atom stereocenters. The first-order valence-electron chi connectivity index (χ1n) is 7.60. The molecule has 0 fully saturated rings. The van der Waals surface area contributed by atoms with Crippen molar-refractivity contribution in [1.82, 2.24) is 5.32 Å². The second-order valence-corrected chi connectivity index (χ2v) is 7.50. The average Bonchev–Trinajstić information content (AvgIpc) is 2.44. The molecule has 0 radical (unpaired) electrons. The Kier molecular flexibility index (Phi) is 7.46. The molecule has 3 heteroatoms. The van der Waals surface area contributed by atoms with Gasteiger partial charge in [0.1, 0.15) is 0 Å². The van der Waals surface area contributed by atoms with Crippen molar-refractivity contribution in [2.75, 3.05) is 18.6 Å². The molecular formula is C17H29NOS. The summed E-state index contributed by atoms with van der Waals surface area (Å²) in [7, 11) is 1.19. The fraction of sp³-hybridized carbons (Fsp3) is 0.647. The number of rotatable bonds is 8. The van der Waals surface area contributed by atoms with E-state index in [2.05, 4.69) is 57.3 Å². The smallest absolute Gasteiger partial charge is 0.0434 e. The largest absolute Gasteiger partial charge is 0.312 e. The summed E-state index contributed by atoms with van der Waals surface area (Å²) in [5, 5.41) is 3.30. The van der Waals surface area contributed by atoms with Gasteiger partial charge in [-0.3, -0.25) is 4.21 Å². The molecule has 0 heterocycles. The average molecular weight is 295 g/mol. The topological polar surface area (TPSA) is 29.1 Å². The Balaban J connectivity index is 2.68. The maximum Gasteiger partial charge on any atom is 0.0434 e. The summed E-state index contributed by atoms with van der Waals surface area (Å²) in [6.07, 6.45) is 1.10. The molecule has 1 rings (SSSR count). The van der Waals surface area contributed by atoms with Gasteiger partial charge in [0.25, 0.3) is 0 Å². The highest BCUT2D eigenvalue weighted by Crippen LogP contribution is 2.20. The molecule has 0 saturated carbocycles. The Morgan fingerprint density at radius 2 is 1.60 bits per heavy atom. The van der Waals surface area contributed by atoms with Crippen LogP contribution >= 0.6 is 0 Å². The Labute approximate surface area is 126 Å². The first kappa shape index (κ1) is 17.4. The van der Waals surface area contributed by atoms with Crippen LogP contribution in [0.2, 0.25) is 0 Å². The summed E-state index contributed by atoms with van der Waals surface area (Å²) in [5.74, 6) is 2.59. The van der Waals surface area contributed by atoms with Crippen molar-refractivity contribution < 1.29 is 4.21 Å². The van der Waals surface area contributed by atoms with Crippen molar-refractivity contribution in [2.24, 2.45) is 5.92 Å². The second kappa shape index (κ2) is 8.58. The molecule has 0 amide bonds. The maximum absolute atomic E-state index is 12.2. The van der Waals surface area contributed by atoms with Crippen molar-refractivity contribution >= 4 is 10.8 Å². The third-order valence-electron chi connectivity index (χ3n) is 3.87. The van der Waals surface area contributed by atoms with Gasteiger partial charge in [0.15, 0.2) is 0 Å². The summed E-state index contributed by atoms with van der Waals surface area (Å²) in [6.45, 7) is 8.73. The van der Waals surface area contributed by atoms with Gasteiger partial charge in [0.2, 0.25) is 0 Å². The molecule has 0 aliphatic rings. The van der Waals surface area contributed by atoms with Crippen LogP contribution in [0.4, 0.5) is 0 Å². The lowest BCUT2D eigenvalue weighted by atomic mass is 10.00. The molecule has 1 aromatic carbocycles. The van der Waals surface area contributed by atoms with Gasteiger partial charge in [-0.1, -0.05) is 58.4 Å². The lowest BCUT2D eigenvalue weighted by molar-refractivity contribution is 0.602. The summed E-state index contributed by atoms with van der Waals surface area (Å²) in [4.78, 5) is 0. The number of hydrogen-bond acceptors (Lipinski definition) is 2. The molecule has 3 atom stereocenters. The van der Waals surface area contributed by atoms with E-state index in [1.54, 1.807) is 0 Å². The van der Waals surface area contributed by atoms with Gasteiger partial charge in [0.05, 0.1) is 0 Å². The first-order chi connectivity index (χ1) is 9.47. The number of nitrogens with one attached hydrogen (secondary N) is 1. The van der Waals surface area contributed by atoms with Crippen LogP contribution in [-0.2, 0) is 10.8 Å². The van der Waals surface area contributed by atoms with Crippen molar-refractivity contribution in [1.29, 1.82) is 0 Å². The van der Waals surface area contributed by atoms with E-state index in [1.807, 2.05) is 7.05 Å². The van der Waals surface area contributed by atoms with Crippen LogP contribution in [0.1, 0.15) is 57.2 Å². The second-order valence-electron chi connectivity index (χ2n) is 5.95. The molecule has 2 nitrogen and oxygen atoms in total.